The number of anilines is 1. The maximum Gasteiger partial charge on any atom is 0.321 e. The topological polar surface area (TPSA) is 107 Å². The van der Waals surface area contributed by atoms with Gasteiger partial charge in [-0.2, -0.15) is 15.0 Å². The lowest BCUT2D eigenvalue weighted by molar-refractivity contribution is 0.375. The summed E-state index contributed by atoms with van der Waals surface area (Å²) >= 11 is 0. The second-order valence-corrected chi connectivity index (χ2v) is 7.44. The molecule has 0 saturated carbocycles. The van der Waals surface area contributed by atoms with Crippen molar-refractivity contribution in [2.75, 3.05) is 32.2 Å². The van der Waals surface area contributed by atoms with Gasteiger partial charge in [0, 0.05) is 13.1 Å². The van der Waals surface area contributed by atoms with Crippen LogP contribution in [0.15, 0.2) is 29.2 Å². The van der Waals surface area contributed by atoms with Crippen LogP contribution in [0.25, 0.3) is 0 Å². The molecule has 1 aromatic heterocycles. The fourth-order valence-corrected chi connectivity index (χ4v) is 3.84. The lowest BCUT2D eigenvalue weighted by Crippen LogP contribution is -2.26. The Bertz CT molecular complexity index is 869. The second-order valence-electron chi connectivity index (χ2n) is 5.71. The molecule has 0 spiro atoms. The van der Waals surface area contributed by atoms with Crippen LogP contribution >= 0.6 is 0 Å². The van der Waals surface area contributed by atoms with Crippen LogP contribution in [0.2, 0.25) is 0 Å². The summed E-state index contributed by atoms with van der Waals surface area (Å²) in [7, 11) is -0.894. The number of para-hydroxylation sites is 1. The van der Waals surface area contributed by atoms with Crippen molar-refractivity contribution in [3.05, 3.63) is 30.1 Å². The molecule has 2 heterocycles. The fourth-order valence-electron chi connectivity index (χ4n) is 2.69. The first-order valence-corrected chi connectivity index (χ1v) is 9.68. The Balaban J connectivity index is 1.81. The zero-order chi connectivity index (χ0) is 18.6. The van der Waals surface area contributed by atoms with E-state index in [2.05, 4.69) is 19.7 Å². The van der Waals surface area contributed by atoms with Crippen LogP contribution in [0.5, 0.6) is 11.8 Å². The second kappa shape index (κ2) is 7.83. The van der Waals surface area contributed by atoms with Gasteiger partial charge in [-0.25, -0.2) is 13.1 Å². The number of nitrogens with one attached hydrogen (secondary N) is 1. The number of benzene rings is 1. The molecule has 0 aliphatic carbocycles. The van der Waals surface area contributed by atoms with E-state index in [1.165, 1.54) is 20.3 Å². The lowest BCUT2D eigenvalue weighted by Gasteiger charge is -2.16. The number of hydrogen-bond acceptors (Lipinski definition) is 8. The third-order valence-corrected chi connectivity index (χ3v) is 5.44. The summed E-state index contributed by atoms with van der Waals surface area (Å²) in [6.07, 6.45) is 2.15. The smallest absolute Gasteiger partial charge is 0.321 e. The van der Waals surface area contributed by atoms with Gasteiger partial charge >= 0.3 is 6.01 Å². The van der Waals surface area contributed by atoms with Crippen molar-refractivity contribution < 1.29 is 17.9 Å². The van der Waals surface area contributed by atoms with Crippen molar-refractivity contribution in [1.29, 1.82) is 0 Å². The van der Waals surface area contributed by atoms with Gasteiger partial charge in [0.1, 0.15) is 10.6 Å². The fraction of sp³-hybridized carbons (Fsp3) is 0.438. The summed E-state index contributed by atoms with van der Waals surface area (Å²) in [5, 5.41) is 0. The van der Waals surface area contributed by atoms with Crippen LogP contribution in [0.3, 0.4) is 0 Å². The van der Waals surface area contributed by atoms with E-state index in [9.17, 15) is 8.42 Å². The van der Waals surface area contributed by atoms with Gasteiger partial charge in [-0.1, -0.05) is 12.1 Å². The largest absolute Gasteiger partial charge is 0.495 e. The Labute approximate surface area is 152 Å². The minimum absolute atomic E-state index is 0.0586. The van der Waals surface area contributed by atoms with Crippen LogP contribution in [0, 0.1) is 0 Å². The van der Waals surface area contributed by atoms with Crippen molar-refractivity contribution in [2.24, 2.45) is 0 Å². The molecule has 1 saturated heterocycles. The first-order valence-electron chi connectivity index (χ1n) is 8.20. The van der Waals surface area contributed by atoms with Gasteiger partial charge in [-0.15, -0.1) is 0 Å². The lowest BCUT2D eigenvalue weighted by atomic mass is 10.3. The molecule has 26 heavy (non-hydrogen) atoms. The highest BCUT2D eigenvalue weighted by Crippen LogP contribution is 2.23. The van der Waals surface area contributed by atoms with E-state index in [1.54, 1.807) is 18.2 Å². The predicted molar refractivity (Wildman–Crippen MR) is 94.8 cm³/mol. The summed E-state index contributed by atoms with van der Waals surface area (Å²) in [6, 6.07) is 6.57. The molecule has 0 bridgehead atoms. The van der Waals surface area contributed by atoms with E-state index in [1.807, 2.05) is 4.90 Å². The van der Waals surface area contributed by atoms with E-state index < -0.39 is 10.0 Å². The van der Waals surface area contributed by atoms with E-state index in [0.29, 0.717) is 5.95 Å². The van der Waals surface area contributed by atoms with Gasteiger partial charge in [0.05, 0.1) is 20.8 Å². The monoisotopic (exact) mass is 379 g/mol. The molecule has 0 amide bonds. The summed E-state index contributed by atoms with van der Waals surface area (Å²) in [5.74, 6) is 1.06. The molecule has 9 nitrogen and oxygen atoms in total. The number of aromatic nitrogens is 3. The average Bonchev–Trinajstić information content (AvgIpc) is 3.21. The molecule has 1 aliphatic rings. The van der Waals surface area contributed by atoms with Crippen molar-refractivity contribution in [3.63, 3.8) is 0 Å². The molecule has 1 fully saturated rings. The zero-order valence-electron chi connectivity index (χ0n) is 14.7. The highest BCUT2D eigenvalue weighted by atomic mass is 32.2. The van der Waals surface area contributed by atoms with Crippen LogP contribution in [0.4, 0.5) is 5.95 Å². The van der Waals surface area contributed by atoms with Gasteiger partial charge < -0.3 is 14.4 Å². The standard InChI is InChI=1S/C16H21N5O4S/c1-24-12-7-3-4-8-13(12)26(22,23)17-11-14-18-15(20-16(19-14)25-2)21-9-5-6-10-21/h3-4,7-8,17H,5-6,9-11H2,1-2H3. The van der Waals surface area contributed by atoms with Gasteiger partial charge in [-0.3, -0.25) is 0 Å². The third-order valence-electron chi connectivity index (χ3n) is 4.00. The van der Waals surface area contributed by atoms with Crippen LogP contribution in [0.1, 0.15) is 18.7 Å². The van der Waals surface area contributed by atoms with Crippen LogP contribution < -0.4 is 19.1 Å². The number of sulfonamides is 1. The maximum atomic E-state index is 12.6. The van der Waals surface area contributed by atoms with E-state index in [-0.39, 0.29) is 29.0 Å². The number of nitrogens with zero attached hydrogens (tertiary/aromatic N) is 4. The van der Waals surface area contributed by atoms with Crippen LogP contribution in [-0.4, -0.2) is 50.7 Å². The summed E-state index contributed by atoms with van der Waals surface area (Å²) < 4.78 is 37.9. The molecular weight excluding hydrogens is 358 g/mol. The SMILES string of the molecule is COc1nc(CNS(=O)(=O)c2ccccc2OC)nc(N2CCCC2)n1. The summed E-state index contributed by atoms with van der Waals surface area (Å²) in [4.78, 5) is 14.8. The van der Waals surface area contributed by atoms with E-state index in [0.717, 1.165) is 25.9 Å². The molecule has 10 heteroatoms. The van der Waals surface area contributed by atoms with Gasteiger partial charge in [0.15, 0.2) is 5.82 Å². The minimum Gasteiger partial charge on any atom is -0.495 e. The molecule has 140 valence electrons. The molecule has 0 radical (unpaired) electrons. The predicted octanol–water partition coefficient (Wildman–Crippen LogP) is 0.967. The third kappa shape index (κ3) is 4.02. The van der Waals surface area contributed by atoms with Gasteiger partial charge in [0.2, 0.25) is 16.0 Å². The number of methoxy groups -OCH3 is 2. The van der Waals surface area contributed by atoms with Crippen molar-refractivity contribution in [3.8, 4) is 11.8 Å². The molecule has 1 N–H and O–H groups in total. The quantitative estimate of drug-likeness (QED) is 0.758. The van der Waals surface area contributed by atoms with Crippen LogP contribution in [-0.2, 0) is 16.6 Å². The number of ether oxygens (including phenoxy) is 2. The minimum atomic E-state index is -3.78. The normalized spacial score (nSPS) is 14.5. The highest BCUT2D eigenvalue weighted by molar-refractivity contribution is 7.89. The molecule has 3 rings (SSSR count). The summed E-state index contributed by atoms with van der Waals surface area (Å²) in [5.41, 5.74) is 0. The molecule has 1 aliphatic heterocycles. The first-order chi connectivity index (χ1) is 12.5. The molecule has 2 aromatic rings. The molecule has 0 unspecified atom stereocenters. The van der Waals surface area contributed by atoms with Gasteiger partial charge in [-0.05, 0) is 25.0 Å². The molecule has 0 atom stereocenters. The van der Waals surface area contributed by atoms with Gasteiger partial charge in [0.25, 0.3) is 0 Å². The van der Waals surface area contributed by atoms with E-state index >= 15 is 0 Å². The molecule has 1 aromatic carbocycles. The number of rotatable bonds is 7. The van der Waals surface area contributed by atoms with Crippen molar-refractivity contribution in [2.45, 2.75) is 24.3 Å². The first kappa shape index (κ1) is 18.3. The Morgan fingerprint density at radius 2 is 1.81 bits per heavy atom. The average molecular weight is 379 g/mol. The highest BCUT2D eigenvalue weighted by Gasteiger charge is 2.21. The maximum absolute atomic E-state index is 12.6. The number of hydrogen-bond donors (Lipinski definition) is 1. The van der Waals surface area contributed by atoms with Crippen molar-refractivity contribution >= 4 is 16.0 Å². The Morgan fingerprint density at radius 1 is 1.08 bits per heavy atom. The Morgan fingerprint density at radius 3 is 2.50 bits per heavy atom. The van der Waals surface area contributed by atoms with E-state index in [4.69, 9.17) is 9.47 Å². The van der Waals surface area contributed by atoms with Crippen molar-refractivity contribution in [1.82, 2.24) is 19.7 Å². The molecular formula is C16H21N5O4S. The summed E-state index contributed by atoms with van der Waals surface area (Å²) in [6.45, 7) is 1.64. The Hall–Kier alpha value is -2.46. The Kier molecular flexibility index (Phi) is 5.52. The zero-order valence-corrected chi connectivity index (χ0v) is 15.5.